The second kappa shape index (κ2) is 10.2. The molecular formula is C25H30N2O4. The molecule has 1 aliphatic heterocycles. The lowest BCUT2D eigenvalue weighted by Crippen LogP contribution is -2.30. The molecule has 0 atom stereocenters. The van der Waals surface area contributed by atoms with Crippen LogP contribution in [0.5, 0.6) is 5.75 Å². The number of nitrogens with zero attached hydrogens (tertiary/aromatic N) is 2. The van der Waals surface area contributed by atoms with Crippen molar-refractivity contribution >= 4 is 11.8 Å². The number of amides is 1. The summed E-state index contributed by atoms with van der Waals surface area (Å²) in [5.74, 6) is 2.86. The van der Waals surface area contributed by atoms with E-state index >= 15 is 0 Å². The number of rotatable bonds is 9. The van der Waals surface area contributed by atoms with Crippen LogP contribution in [0.3, 0.4) is 0 Å². The van der Waals surface area contributed by atoms with Crippen molar-refractivity contribution in [3.05, 3.63) is 71.9 Å². The van der Waals surface area contributed by atoms with Gasteiger partial charge in [-0.3, -0.25) is 4.79 Å². The van der Waals surface area contributed by atoms with Crippen LogP contribution in [0.4, 0.5) is 5.88 Å². The highest BCUT2D eigenvalue weighted by atomic mass is 16.5. The van der Waals surface area contributed by atoms with Crippen LogP contribution in [-0.2, 0) is 13.1 Å². The molecule has 0 radical (unpaired) electrons. The molecule has 6 nitrogen and oxygen atoms in total. The van der Waals surface area contributed by atoms with E-state index in [2.05, 4.69) is 4.90 Å². The molecule has 164 valence electrons. The molecule has 0 spiro atoms. The minimum Gasteiger partial charge on any atom is -0.493 e. The molecule has 1 amide bonds. The Morgan fingerprint density at radius 1 is 1.00 bits per heavy atom. The summed E-state index contributed by atoms with van der Waals surface area (Å²) in [5.41, 5.74) is 0.547. The van der Waals surface area contributed by atoms with Gasteiger partial charge >= 0.3 is 0 Å². The van der Waals surface area contributed by atoms with E-state index in [1.54, 1.807) is 11.2 Å². The van der Waals surface area contributed by atoms with Crippen molar-refractivity contribution in [2.75, 3.05) is 24.6 Å². The molecule has 4 rings (SSSR count). The number of benzene rings is 1. The number of para-hydroxylation sites is 1. The number of carbonyl (C=O) groups excluding carboxylic acids is 1. The maximum absolute atomic E-state index is 13.5. The molecule has 3 heterocycles. The predicted octanol–water partition coefficient (Wildman–Crippen LogP) is 5.49. The molecule has 31 heavy (non-hydrogen) atoms. The van der Waals surface area contributed by atoms with Gasteiger partial charge in [-0.2, -0.15) is 0 Å². The zero-order valence-corrected chi connectivity index (χ0v) is 18.1. The van der Waals surface area contributed by atoms with E-state index in [-0.39, 0.29) is 5.91 Å². The zero-order chi connectivity index (χ0) is 21.5. The summed E-state index contributed by atoms with van der Waals surface area (Å²) in [6.45, 7) is 5.36. The summed E-state index contributed by atoms with van der Waals surface area (Å²) in [4.78, 5) is 17.5. The van der Waals surface area contributed by atoms with Crippen LogP contribution in [0.2, 0.25) is 0 Å². The van der Waals surface area contributed by atoms with Gasteiger partial charge in [0.1, 0.15) is 17.3 Å². The fourth-order valence-corrected chi connectivity index (χ4v) is 3.87. The van der Waals surface area contributed by atoms with E-state index in [0.717, 1.165) is 36.9 Å². The molecule has 1 fully saturated rings. The summed E-state index contributed by atoms with van der Waals surface area (Å²) < 4.78 is 17.5. The third-order valence-electron chi connectivity index (χ3n) is 5.46. The van der Waals surface area contributed by atoms with E-state index in [4.69, 9.17) is 13.6 Å². The molecular weight excluding hydrogens is 392 g/mol. The third kappa shape index (κ3) is 5.32. The summed E-state index contributed by atoms with van der Waals surface area (Å²) in [6, 6.07) is 15.1. The Labute approximate surface area is 183 Å². The number of anilines is 1. The van der Waals surface area contributed by atoms with Gasteiger partial charge < -0.3 is 23.4 Å². The van der Waals surface area contributed by atoms with E-state index in [1.165, 1.54) is 19.3 Å². The highest BCUT2D eigenvalue weighted by Gasteiger charge is 2.23. The van der Waals surface area contributed by atoms with Crippen molar-refractivity contribution in [1.82, 2.24) is 4.90 Å². The van der Waals surface area contributed by atoms with Crippen LogP contribution in [0.1, 0.15) is 54.5 Å². The molecule has 3 aromatic rings. The first-order valence-corrected chi connectivity index (χ1v) is 11.1. The van der Waals surface area contributed by atoms with Crippen molar-refractivity contribution in [1.29, 1.82) is 0 Å². The second-order valence-electron chi connectivity index (χ2n) is 7.87. The highest BCUT2D eigenvalue weighted by Crippen LogP contribution is 2.26. The average molecular weight is 423 g/mol. The zero-order valence-electron chi connectivity index (χ0n) is 18.1. The number of furan rings is 2. The van der Waals surface area contributed by atoms with E-state index in [9.17, 15) is 4.79 Å². The highest BCUT2D eigenvalue weighted by molar-refractivity contribution is 5.96. The third-order valence-corrected chi connectivity index (χ3v) is 5.46. The molecule has 0 bridgehead atoms. The number of carbonyl (C=O) groups is 1. The molecule has 0 aliphatic carbocycles. The average Bonchev–Trinajstić information content (AvgIpc) is 3.50. The summed E-state index contributed by atoms with van der Waals surface area (Å²) in [6.07, 6.45) is 6.15. The number of hydrogen-bond acceptors (Lipinski definition) is 5. The van der Waals surface area contributed by atoms with Gasteiger partial charge in [-0.25, -0.2) is 0 Å². The first-order chi connectivity index (χ1) is 15.2. The minimum atomic E-state index is -0.112. The van der Waals surface area contributed by atoms with Gasteiger partial charge in [-0.1, -0.05) is 19.1 Å². The number of piperidine rings is 1. The van der Waals surface area contributed by atoms with Crippen molar-refractivity contribution in [3.63, 3.8) is 0 Å². The molecule has 6 heteroatoms. The molecule has 0 unspecified atom stereocenters. The summed E-state index contributed by atoms with van der Waals surface area (Å²) in [7, 11) is 0. The Morgan fingerprint density at radius 3 is 2.58 bits per heavy atom. The van der Waals surface area contributed by atoms with Gasteiger partial charge in [-0.15, -0.1) is 0 Å². The molecule has 1 saturated heterocycles. The summed E-state index contributed by atoms with van der Waals surface area (Å²) >= 11 is 0. The Morgan fingerprint density at radius 2 is 1.81 bits per heavy atom. The molecule has 1 aromatic carbocycles. The lowest BCUT2D eigenvalue weighted by atomic mass is 10.1. The SMILES string of the molecule is CCCOc1ccccc1C(=O)N(Cc1ccco1)Cc1ccc(N2CCCCC2)o1. The van der Waals surface area contributed by atoms with Gasteiger partial charge in [0.15, 0.2) is 5.88 Å². The lowest BCUT2D eigenvalue weighted by molar-refractivity contribution is 0.0700. The maximum atomic E-state index is 13.5. The van der Waals surface area contributed by atoms with Crippen molar-refractivity contribution < 1.29 is 18.4 Å². The fraction of sp³-hybridized carbons (Fsp3) is 0.400. The first-order valence-electron chi connectivity index (χ1n) is 11.1. The maximum Gasteiger partial charge on any atom is 0.258 e. The van der Waals surface area contributed by atoms with Gasteiger partial charge in [0, 0.05) is 19.2 Å². The van der Waals surface area contributed by atoms with Gasteiger partial charge in [0.2, 0.25) is 0 Å². The normalized spacial score (nSPS) is 13.9. The van der Waals surface area contributed by atoms with Gasteiger partial charge in [-0.05, 0) is 56.0 Å². The smallest absolute Gasteiger partial charge is 0.258 e. The topological polar surface area (TPSA) is 59.1 Å². The molecule has 0 saturated carbocycles. The summed E-state index contributed by atoms with van der Waals surface area (Å²) in [5, 5.41) is 0. The van der Waals surface area contributed by atoms with E-state index in [1.807, 2.05) is 55.5 Å². The standard InChI is InChI=1S/C25H30N2O4/c1-2-16-30-23-11-5-4-10-22(23)25(28)27(18-20-9-8-17-29-20)19-21-12-13-24(31-21)26-14-6-3-7-15-26/h4-5,8-13,17H,2-3,6-7,14-16,18-19H2,1H3. The van der Waals surface area contributed by atoms with Crippen molar-refractivity contribution in [2.45, 2.75) is 45.7 Å². The Bertz CT molecular complexity index is 958. The van der Waals surface area contributed by atoms with Crippen LogP contribution < -0.4 is 9.64 Å². The van der Waals surface area contributed by atoms with Crippen molar-refractivity contribution in [3.8, 4) is 5.75 Å². The van der Waals surface area contributed by atoms with Crippen LogP contribution in [0.25, 0.3) is 0 Å². The lowest BCUT2D eigenvalue weighted by Gasteiger charge is -2.26. The van der Waals surface area contributed by atoms with Gasteiger partial charge in [0.05, 0.1) is 31.5 Å². The van der Waals surface area contributed by atoms with Crippen LogP contribution in [0, 0.1) is 0 Å². The fourth-order valence-electron chi connectivity index (χ4n) is 3.87. The predicted molar refractivity (Wildman–Crippen MR) is 119 cm³/mol. The van der Waals surface area contributed by atoms with Crippen LogP contribution in [-0.4, -0.2) is 30.5 Å². The van der Waals surface area contributed by atoms with Crippen LogP contribution in [0.15, 0.2) is 63.6 Å². The van der Waals surface area contributed by atoms with Gasteiger partial charge in [0.25, 0.3) is 5.91 Å². The number of hydrogen-bond donors (Lipinski definition) is 0. The largest absolute Gasteiger partial charge is 0.493 e. The Balaban J connectivity index is 1.55. The first kappa shape index (κ1) is 21.1. The minimum absolute atomic E-state index is 0.112. The molecule has 1 aliphatic rings. The molecule has 0 N–H and O–H groups in total. The number of ether oxygens (including phenoxy) is 1. The Kier molecular flexibility index (Phi) is 6.97. The van der Waals surface area contributed by atoms with Crippen molar-refractivity contribution in [2.24, 2.45) is 0 Å². The monoisotopic (exact) mass is 422 g/mol. The quantitative estimate of drug-likeness (QED) is 0.456. The van der Waals surface area contributed by atoms with Crippen LogP contribution >= 0.6 is 0 Å². The van der Waals surface area contributed by atoms with E-state index in [0.29, 0.717) is 31.0 Å². The Hall–Kier alpha value is -3.15. The second-order valence-corrected chi connectivity index (χ2v) is 7.87. The molecule has 2 aromatic heterocycles. The van der Waals surface area contributed by atoms with E-state index < -0.39 is 0 Å².